The Morgan fingerprint density at radius 2 is 2.00 bits per heavy atom. The molecule has 3 saturated heterocycles. The van der Waals surface area contributed by atoms with Crippen LogP contribution in [0.3, 0.4) is 0 Å². The first-order valence-corrected chi connectivity index (χ1v) is 5.81. The maximum absolute atomic E-state index is 11.4. The molecule has 2 bridgehead atoms. The zero-order valence-corrected chi connectivity index (χ0v) is 10.4. The Hall–Kier alpha value is -0.320. The van der Waals surface area contributed by atoms with E-state index < -0.39 is 0 Å². The van der Waals surface area contributed by atoms with Gasteiger partial charge in [0.1, 0.15) is 6.61 Å². The number of ether oxygens (including phenoxy) is 1. The Bertz CT molecular complexity index is 286. The second-order valence-electron chi connectivity index (χ2n) is 5.27. The SMILES string of the molecule is CN1CC2(CC3CCC(C2)N3)OCC1=O.Cl. The first kappa shape index (κ1) is 12.1. The maximum atomic E-state index is 11.4. The van der Waals surface area contributed by atoms with Crippen LogP contribution >= 0.6 is 12.4 Å². The molecule has 5 heteroatoms. The number of nitrogens with zero attached hydrogens (tertiary/aromatic N) is 1. The van der Waals surface area contributed by atoms with Crippen LogP contribution in [0.4, 0.5) is 0 Å². The molecule has 1 N–H and O–H groups in total. The van der Waals surface area contributed by atoms with E-state index in [1.807, 2.05) is 11.9 Å². The molecule has 3 aliphatic heterocycles. The summed E-state index contributed by atoms with van der Waals surface area (Å²) in [4.78, 5) is 13.2. The molecule has 0 aromatic heterocycles. The molecule has 0 aliphatic carbocycles. The van der Waals surface area contributed by atoms with E-state index in [2.05, 4.69) is 5.32 Å². The number of carbonyl (C=O) groups is 1. The Morgan fingerprint density at radius 1 is 1.38 bits per heavy atom. The van der Waals surface area contributed by atoms with Crippen LogP contribution in [-0.4, -0.2) is 48.7 Å². The number of amides is 1. The zero-order valence-electron chi connectivity index (χ0n) is 9.57. The van der Waals surface area contributed by atoms with Crippen molar-refractivity contribution >= 4 is 18.3 Å². The molecule has 92 valence electrons. The van der Waals surface area contributed by atoms with E-state index in [1.54, 1.807) is 0 Å². The van der Waals surface area contributed by atoms with Crippen molar-refractivity contribution in [1.29, 1.82) is 0 Å². The predicted molar refractivity (Wildman–Crippen MR) is 62.7 cm³/mol. The minimum absolute atomic E-state index is 0. The van der Waals surface area contributed by atoms with E-state index in [1.165, 1.54) is 12.8 Å². The fourth-order valence-corrected chi connectivity index (χ4v) is 3.34. The van der Waals surface area contributed by atoms with Gasteiger partial charge in [0.15, 0.2) is 0 Å². The van der Waals surface area contributed by atoms with Gasteiger partial charge in [0, 0.05) is 25.7 Å². The van der Waals surface area contributed by atoms with Crippen LogP contribution < -0.4 is 5.32 Å². The summed E-state index contributed by atoms with van der Waals surface area (Å²) in [6, 6.07) is 1.23. The Balaban J connectivity index is 0.000000963. The third-order valence-electron chi connectivity index (χ3n) is 4.02. The number of halogens is 1. The van der Waals surface area contributed by atoms with Gasteiger partial charge in [-0.05, 0) is 25.7 Å². The van der Waals surface area contributed by atoms with E-state index in [-0.39, 0.29) is 30.5 Å². The van der Waals surface area contributed by atoms with Crippen molar-refractivity contribution in [2.75, 3.05) is 20.2 Å². The van der Waals surface area contributed by atoms with Gasteiger partial charge in [0.2, 0.25) is 5.91 Å². The highest BCUT2D eigenvalue weighted by molar-refractivity contribution is 5.85. The number of fused-ring (bicyclic) bond motifs is 2. The number of nitrogens with one attached hydrogen (secondary N) is 1. The van der Waals surface area contributed by atoms with Crippen molar-refractivity contribution in [3.63, 3.8) is 0 Å². The molecule has 3 rings (SSSR count). The lowest BCUT2D eigenvalue weighted by Gasteiger charge is -2.46. The molecule has 1 amide bonds. The minimum atomic E-state index is -0.0419. The molecule has 16 heavy (non-hydrogen) atoms. The molecule has 3 heterocycles. The number of carbonyl (C=O) groups excluding carboxylic acids is 1. The van der Waals surface area contributed by atoms with Gasteiger partial charge < -0.3 is 15.0 Å². The predicted octanol–water partition coefficient (Wildman–Crippen LogP) is 0.550. The average Bonchev–Trinajstić information content (AvgIpc) is 2.54. The Labute approximate surface area is 102 Å². The summed E-state index contributed by atoms with van der Waals surface area (Å²) in [6.07, 6.45) is 4.68. The topological polar surface area (TPSA) is 41.6 Å². The quantitative estimate of drug-likeness (QED) is 0.679. The number of piperidine rings is 1. The smallest absolute Gasteiger partial charge is 0.248 e. The molecule has 4 nitrogen and oxygen atoms in total. The molecule has 3 aliphatic rings. The van der Waals surface area contributed by atoms with Crippen LogP contribution in [0.1, 0.15) is 25.7 Å². The third kappa shape index (κ3) is 1.94. The minimum Gasteiger partial charge on any atom is -0.363 e. The summed E-state index contributed by atoms with van der Waals surface area (Å²) in [5.41, 5.74) is -0.0419. The second kappa shape index (κ2) is 4.17. The lowest BCUT2D eigenvalue weighted by Crippen LogP contribution is -2.59. The van der Waals surface area contributed by atoms with Gasteiger partial charge in [0.25, 0.3) is 0 Å². The molecule has 3 fully saturated rings. The van der Waals surface area contributed by atoms with Gasteiger partial charge in [-0.2, -0.15) is 0 Å². The molecule has 0 aromatic rings. The Morgan fingerprint density at radius 3 is 2.56 bits per heavy atom. The highest BCUT2D eigenvalue weighted by atomic mass is 35.5. The van der Waals surface area contributed by atoms with Crippen LogP contribution in [-0.2, 0) is 9.53 Å². The molecule has 2 atom stereocenters. The van der Waals surface area contributed by atoms with Crippen LogP contribution in [0.5, 0.6) is 0 Å². The number of rotatable bonds is 0. The summed E-state index contributed by atoms with van der Waals surface area (Å²) in [6.45, 7) is 1.05. The van der Waals surface area contributed by atoms with Crippen LogP contribution in [0.25, 0.3) is 0 Å². The summed E-state index contributed by atoms with van der Waals surface area (Å²) in [5, 5.41) is 3.60. The maximum Gasteiger partial charge on any atom is 0.248 e. The van der Waals surface area contributed by atoms with Crippen molar-refractivity contribution in [3.8, 4) is 0 Å². The van der Waals surface area contributed by atoms with Gasteiger partial charge in [-0.3, -0.25) is 4.79 Å². The monoisotopic (exact) mass is 246 g/mol. The molecule has 0 saturated carbocycles. The van der Waals surface area contributed by atoms with E-state index in [9.17, 15) is 4.79 Å². The van der Waals surface area contributed by atoms with Gasteiger partial charge in [-0.15, -0.1) is 12.4 Å². The molecule has 2 unspecified atom stereocenters. The summed E-state index contributed by atoms with van der Waals surface area (Å²) in [5.74, 6) is 0.117. The first-order valence-electron chi connectivity index (χ1n) is 5.81. The summed E-state index contributed by atoms with van der Waals surface area (Å²) in [7, 11) is 1.89. The highest BCUT2D eigenvalue weighted by Crippen LogP contribution is 2.38. The fourth-order valence-electron chi connectivity index (χ4n) is 3.34. The number of hydrogen-bond donors (Lipinski definition) is 1. The number of hydrogen-bond acceptors (Lipinski definition) is 3. The molecular weight excluding hydrogens is 228 g/mol. The third-order valence-corrected chi connectivity index (χ3v) is 4.02. The normalized spacial score (nSPS) is 42.3. The van der Waals surface area contributed by atoms with E-state index in [0.29, 0.717) is 12.1 Å². The van der Waals surface area contributed by atoms with Gasteiger partial charge in [0.05, 0.1) is 5.60 Å². The molecule has 1 spiro atoms. The summed E-state index contributed by atoms with van der Waals surface area (Å²) < 4.78 is 5.84. The van der Waals surface area contributed by atoms with E-state index >= 15 is 0 Å². The zero-order chi connectivity index (χ0) is 10.5. The molecule has 0 aromatic carbocycles. The number of morpholine rings is 1. The van der Waals surface area contributed by atoms with Crippen LogP contribution in [0, 0.1) is 0 Å². The lowest BCUT2D eigenvalue weighted by atomic mass is 9.86. The Kier molecular flexibility index (Phi) is 3.16. The number of likely N-dealkylation sites (N-methyl/N-ethyl adjacent to an activating group) is 1. The lowest BCUT2D eigenvalue weighted by molar-refractivity contribution is -0.167. The van der Waals surface area contributed by atoms with Crippen LogP contribution in [0.2, 0.25) is 0 Å². The van der Waals surface area contributed by atoms with Crippen LogP contribution in [0.15, 0.2) is 0 Å². The first-order chi connectivity index (χ1) is 7.17. The second-order valence-corrected chi connectivity index (χ2v) is 5.27. The van der Waals surface area contributed by atoms with E-state index in [4.69, 9.17) is 4.74 Å². The fraction of sp³-hybridized carbons (Fsp3) is 0.909. The molecular formula is C11H19ClN2O2. The molecule has 0 radical (unpaired) electrons. The van der Waals surface area contributed by atoms with E-state index in [0.717, 1.165) is 19.4 Å². The van der Waals surface area contributed by atoms with Crippen molar-refractivity contribution in [2.24, 2.45) is 0 Å². The van der Waals surface area contributed by atoms with Gasteiger partial charge in [-0.25, -0.2) is 0 Å². The highest BCUT2D eigenvalue weighted by Gasteiger charge is 2.47. The average molecular weight is 247 g/mol. The van der Waals surface area contributed by atoms with Crippen molar-refractivity contribution in [1.82, 2.24) is 10.2 Å². The van der Waals surface area contributed by atoms with Crippen molar-refractivity contribution in [2.45, 2.75) is 43.4 Å². The van der Waals surface area contributed by atoms with Crippen molar-refractivity contribution in [3.05, 3.63) is 0 Å². The summed E-state index contributed by atoms with van der Waals surface area (Å²) >= 11 is 0. The van der Waals surface area contributed by atoms with Gasteiger partial charge in [-0.1, -0.05) is 0 Å². The standard InChI is InChI=1S/C11H18N2O2.ClH/c1-13-7-11(15-6-10(13)14)4-8-2-3-9(5-11)12-8;/h8-9,12H,2-7H2,1H3;1H. The van der Waals surface area contributed by atoms with Gasteiger partial charge >= 0.3 is 0 Å². The van der Waals surface area contributed by atoms with Crippen molar-refractivity contribution < 1.29 is 9.53 Å². The largest absolute Gasteiger partial charge is 0.363 e.